The average Bonchev–Trinajstić information content (AvgIpc) is 2.68. The molecule has 2 rings (SSSR count). The highest BCUT2D eigenvalue weighted by Gasteiger charge is 2.12. The fourth-order valence-corrected chi connectivity index (χ4v) is 2.02. The lowest BCUT2D eigenvalue weighted by Crippen LogP contribution is -1.99. The maximum absolute atomic E-state index is 13.0. The van der Waals surface area contributed by atoms with Crippen LogP contribution in [0.3, 0.4) is 0 Å². The molecular weight excluding hydrogens is 221 g/mol. The SMILES string of the molecule is CC(CCC(=O)O)c1c[nH]c2cc(F)ccc12. The zero-order valence-corrected chi connectivity index (χ0v) is 9.53. The fraction of sp³-hybridized carbons (Fsp3) is 0.308. The van der Waals surface area contributed by atoms with Crippen molar-refractivity contribution in [1.82, 2.24) is 4.98 Å². The predicted molar refractivity (Wildman–Crippen MR) is 63.5 cm³/mol. The first kappa shape index (κ1) is 11.6. The van der Waals surface area contributed by atoms with Gasteiger partial charge in [-0.15, -0.1) is 0 Å². The average molecular weight is 235 g/mol. The lowest BCUT2D eigenvalue weighted by molar-refractivity contribution is -0.137. The van der Waals surface area contributed by atoms with Crippen molar-refractivity contribution in [2.75, 3.05) is 0 Å². The first-order chi connectivity index (χ1) is 8.08. The van der Waals surface area contributed by atoms with Crippen LogP contribution in [0.25, 0.3) is 10.9 Å². The van der Waals surface area contributed by atoms with Gasteiger partial charge in [-0.1, -0.05) is 6.92 Å². The minimum absolute atomic E-state index is 0.144. The summed E-state index contributed by atoms with van der Waals surface area (Å²) in [5.41, 5.74) is 1.79. The molecule has 0 aliphatic heterocycles. The number of nitrogens with one attached hydrogen (secondary N) is 1. The van der Waals surface area contributed by atoms with Crippen LogP contribution in [0, 0.1) is 5.82 Å². The van der Waals surface area contributed by atoms with Gasteiger partial charge in [0.1, 0.15) is 5.82 Å². The molecule has 90 valence electrons. The molecule has 0 aliphatic carbocycles. The van der Waals surface area contributed by atoms with Crippen molar-refractivity contribution < 1.29 is 14.3 Å². The number of hydrogen-bond donors (Lipinski definition) is 2. The number of aromatic amines is 1. The van der Waals surface area contributed by atoms with E-state index in [1.54, 1.807) is 6.07 Å². The van der Waals surface area contributed by atoms with Gasteiger partial charge in [-0.05, 0) is 36.1 Å². The molecule has 1 unspecified atom stereocenters. The summed E-state index contributed by atoms with van der Waals surface area (Å²) in [5, 5.41) is 9.61. The molecule has 17 heavy (non-hydrogen) atoms. The monoisotopic (exact) mass is 235 g/mol. The molecule has 3 nitrogen and oxygen atoms in total. The normalized spacial score (nSPS) is 12.8. The van der Waals surface area contributed by atoms with Crippen LogP contribution in [-0.2, 0) is 4.79 Å². The van der Waals surface area contributed by atoms with E-state index >= 15 is 0 Å². The highest BCUT2D eigenvalue weighted by Crippen LogP contribution is 2.28. The predicted octanol–water partition coefficient (Wildman–Crippen LogP) is 3.28. The lowest BCUT2D eigenvalue weighted by atomic mass is 9.96. The number of H-pyrrole nitrogens is 1. The molecule has 1 aromatic carbocycles. The van der Waals surface area contributed by atoms with Gasteiger partial charge in [0, 0.05) is 23.5 Å². The van der Waals surface area contributed by atoms with Crippen LogP contribution in [0.4, 0.5) is 4.39 Å². The summed E-state index contributed by atoms with van der Waals surface area (Å²) in [6.45, 7) is 1.98. The Hall–Kier alpha value is -1.84. The molecule has 0 radical (unpaired) electrons. The Balaban J connectivity index is 2.26. The van der Waals surface area contributed by atoms with E-state index in [0.29, 0.717) is 6.42 Å². The molecule has 1 atom stereocenters. The number of aliphatic carboxylic acids is 1. The van der Waals surface area contributed by atoms with Crippen LogP contribution < -0.4 is 0 Å². The summed E-state index contributed by atoms with van der Waals surface area (Å²) in [6.07, 6.45) is 2.56. The molecule has 0 aliphatic rings. The van der Waals surface area contributed by atoms with E-state index in [-0.39, 0.29) is 18.2 Å². The lowest BCUT2D eigenvalue weighted by Gasteiger charge is -2.08. The van der Waals surface area contributed by atoms with Gasteiger partial charge in [-0.25, -0.2) is 4.39 Å². The maximum atomic E-state index is 13.0. The number of halogens is 1. The number of carboxylic acid groups (broad SMARTS) is 1. The third-order valence-electron chi connectivity index (χ3n) is 3.00. The van der Waals surface area contributed by atoms with Crippen LogP contribution in [0.2, 0.25) is 0 Å². The highest BCUT2D eigenvalue weighted by atomic mass is 19.1. The molecule has 0 saturated heterocycles. The second-order valence-electron chi connectivity index (χ2n) is 4.27. The van der Waals surface area contributed by atoms with E-state index in [1.807, 2.05) is 13.1 Å². The van der Waals surface area contributed by atoms with Gasteiger partial charge in [-0.3, -0.25) is 4.79 Å². The Labute approximate surface area is 98.3 Å². The van der Waals surface area contributed by atoms with E-state index in [4.69, 9.17) is 5.11 Å². The summed E-state index contributed by atoms with van der Waals surface area (Å²) >= 11 is 0. The third kappa shape index (κ3) is 2.46. The summed E-state index contributed by atoms with van der Waals surface area (Å²) < 4.78 is 13.0. The number of carbonyl (C=O) groups is 1. The first-order valence-electron chi connectivity index (χ1n) is 5.56. The van der Waals surface area contributed by atoms with Gasteiger partial charge in [0.15, 0.2) is 0 Å². The van der Waals surface area contributed by atoms with Crippen molar-refractivity contribution in [1.29, 1.82) is 0 Å². The molecule has 1 aromatic heterocycles. The van der Waals surface area contributed by atoms with Crippen molar-refractivity contribution in [3.8, 4) is 0 Å². The maximum Gasteiger partial charge on any atom is 0.303 e. The zero-order valence-electron chi connectivity index (χ0n) is 9.53. The number of fused-ring (bicyclic) bond motifs is 1. The summed E-state index contributed by atoms with van der Waals surface area (Å²) in [5.74, 6) is -0.919. The zero-order chi connectivity index (χ0) is 12.4. The summed E-state index contributed by atoms with van der Waals surface area (Å²) in [4.78, 5) is 13.5. The molecule has 1 heterocycles. The van der Waals surface area contributed by atoms with E-state index in [1.165, 1.54) is 12.1 Å². The van der Waals surface area contributed by atoms with Crippen LogP contribution >= 0.6 is 0 Å². The first-order valence-corrected chi connectivity index (χ1v) is 5.56. The molecule has 0 spiro atoms. The molecule has 0 bridgehead atoms. The van der Waals surface area contributed by atoms with Crippen LogP contribution in [0.5, 0.6) is 0 Å². The second kappa shape index (κ2) is 4.57. The molecule has 2 aromatic rings. The molecule has 0 fully saturated rings. The van der Waals surface area contributed by atoms with Gasteiger partial charge in [0.05, 0.1) is 0 Å². The minimum atomic E-state index is -0.789. The van der Waals surface area contributed by atoms with Crippen molar-refractivity contribution in [3.63, 3.8) is 0 Å². The Kier molecular flexibility index (Phi) is 3.13. The second-order valence-corrected chi connectivity index (χ2v) is 4.27. The van der Waals surface area contributed by atoms with Crippen LogP contribution in [0.15, 0.2) is 24.4 Å². The quantitative estimate of drug-likeness (QED) is 0.854. The molecule has 0 amide bonds. The van der Waals surface area contributed by atoms with Gasteiger partial charge < -0.3 is 10.1 Å². The molecule has 0 saturated carbocycles. The van der Waals surface area contributed by atoms with Crippen LogP contribution in [-0.4, -0.2) is 16.1 Å². The highest BCUT2D eigenvalue weighted by molar-refractivity contribution is 5.83. The third-order valence-corrected chi connectivity index (χ3v) is 3.00. The smallest absolute Gasteiger partial charge is 0.303 e. The van der Waals surface area contributed by atoms with E-state index in [9.17, 15) is 9.18 Å². The number of benzene rings is 1. The summed E-state index contributed by atoms with van der Waals surface area (Å²) in [6, 6.07) is 4.60. The standard InChI is InChI=1S/C13H14FNO2/c1-8(2-5-13(16)17)11-7-15-12-6-9(14)3-4-10(11)12/h3-4,6-8,15H,2,5H2,1H3,(H,16,17). The van der Waals surface area contributed by atoms with Crippen molar-refractivity contribution in [2.24, 2.45) is 0 Å². The van der Waals surface area contributed by atoms with E-state index in [2.05, 4.69) is 4.98 Å². The van der Waals surface area contributed by atoms with Crippen molar-refractivity contribution >= 4 is 16.9 Å². The molecule has 4 heteroatoms. The van der Waals surface area contributed by atoms with Crippen molar-refractivity contribution in [2.45, 2.75) is 25.7 Å². The van der Waals surface area contributed by atoms with E-state index < -0.39 is 5.97 Å². The molecular formula is C13H14FNO2. The Bertz CT molecular complexity index is 547. The van der Waals surface area contributed by atoms with Gasteiger partial charge in [0.2, 0.25) is 0 Å². The topological polar surface area (TPSA) is 53.1 Å². The summed E-state index contributed by atoms with van der Waals surface area (Å²) in [7, 11) is 0. The Morgan fingerprint density at radius 3 is 3.00 bits per heavy atom. The Morgan fingerprint density at radius 2 is 2.29 bits per heavy atom. The van der Waals surface area contributed by atoms with E-state index in [0.717, 1.165) is 16.5 Å². The van der Waals surface area contributed by atoms with Gasteiger partial charge in [0.25, 0.3) is 0 Å². The van der Waals surface area contributed by atoms with Crippen molar-refractivity contribution in [3.05, 3.63) is 35.8 Å². The number of hydrogen-bond acceptors (Lipinski definition) is 1. The van der Waals surface area contributed by atoms with Gasteiger partial charge in [-0.2, -0.15) is 0 Å². The largest absolute Gasteiger partial charge is 0.481 e. The van der Waals surface area contributed by atoms with Gasteiger partial charge >= 0.3 is 5.97 Å². The Morgan fingerprint density at radius 1 is 1.53 bits per heavy atom. The number of aromatic nitrogens is 1. The number of carboxylic acids is 1. The molecule has 2 N–H and O–H groups in total. The minimum Gasteiger partial charge on any atom is -0.481 e. The number of rotatable bonds is 4. The van der Waals surface area contributed by atoms with Crippen LogP contribution in [0.1, 0.15) is 31.2 Å². The fourth-order valence-electron chi connectivity index (χ4n) is 2.02.